The second kappa shape index (κ2) is 16.3. The first-order chi connectivity index (χ1) is 31.9. The van der Waals surface area contributed by atoms with Gasteiger partial charge in [-0.25, -0.2) is 30.6 Å². The van der Waals surface area contributed by atoms with E-state index in [0.717, 1.165) is 18.4 Å². The van der Waals surface area contributed by atoms with E-state index in [1.807, 2.05) is 0 Å². The van der Waals surface area contributed by atoms with Crippen LogP contribution in [0.15, 0.2) is 30.3 Å². The minimum Gasteiger partial charge on any atom is -0.346 e. The summed E-state index contributed by atoms with van der Waals surface area (Å²) < 4.78 is 200. The molecule has 1 unspecified atom stereocenters. The average molecular weight is 1030 g/mol. The normalized spacial score (nSPS) is 19.2. The van der Waals surface area contributed by atoms with Crippen molar-refractivity contribution in [2.45, 2.75) is 112 Å². The van der Waals surface area contributed by atoms with Crippen molar-refractivity contribution in [1.29, 1.82) is 0 Å². The van der Waals surface area contributed by atoms with Crippen LogP contribution in [0, 0.1) is 29.4 Å². The van der Waals surface area contributed by atoms with E-state index in [1.54, 1.807) is 0 Å². The van der Waals surface area contributed by atoms with Gasteiger partial charge in [-0.05, 0) is 106 Å². The van der Waals surface area contributed by atoms with Crippen molar-refractivity contribution in [2.75, 3.05) is 11.0 Å². The molecule has 12 nitrogen and oxygen atoms in total. The summed E-state index contributed by atoms with van der Waals surface area (Å²) in [5.74, 6) is -4.91. The van der Waals surface area contributed by atoms with Gasteiger partial charge < -0.3 is 5.32 Å². The number of rotatable bonds is 12. The van der Waals surface area contributed by atoms with E-state index in [-0.39, 0.29) is 80.8 Å². The zero-order valence-corrected chi connectivity index (χ0v) is 38.7. The molecule has 0 radical (unpaired) electrons. The van der Waals surface area contributed by atoms with Crippen LogP contribution in [0.4, 0.5) is 49.7 Å². The zero-order valence-electron chi connectivity index (χ0n) is 36.3. The van der Waals surface area contributed by atoms with Gasteiger partial charge in [0, 0.05) is 34.9 Å². The SMILES string of the molecule is CC(C)(C#Cc1nc([C@H](Cc2cc(F)cc(F)c2)NC(=O)Cn2nc(C(F)(F)F)c3c2C(F)(F)[C@@H]2CC32)c(-c2ccc(Cl)c3c(NS(=O)(=O)C4CC4)nn(CC(F)(F)F)c23)c2c1CCC2)S(C)(=O)=O. The maximum absolute atomic E-state index is 15.6. The van der Waals surface area contributed by atoms with Crippen molar-refractivity contribution in [1.82, 2.24) is 29.9 Å². The van der Waals surface area contributed by atoms with Gasteiger partial charge in [0.25, 0.3) is 5.92 Å². The van der Waals surface area contributed by atoms with E-state index in [4.69, 9.17) is 16.6 Å². The quantitative estimate of drug-likeness (QED) is 0.0929. The molecule has 3 atom stereocenters. The number of sulfone groups is 1. The Morgan fingerprint density at radius 1 is 0.971 bits per heavy atom. The fourth-order valence-electron chi connectivity index (χ4n) is 9.22. The Balaban J connectivity index is 1.29. The predicted molar refractivity (Wildman–Crippen MR) is 230 cm³/mol. The molecule has 4 aliphatic carbocycles. The van der Waals surface area contributed by atoms with Gasteiger partial charge in [-0.15, -0.1) is 0 Å². The highest BCUT2D eigenvalue weighted by atomic mass is 35.5. The van der Waals surface area contributed by atoms with Crippen LogP contribution in [0.5, 0.6) is 0 Å². The van der Waals surface area contributed by atoms with Crippen molar-refractivity contribution >= 4 is 54.1 Å². The Morgan fingerprint density at radius 2 is 1.64 bits per heavy atom. The molecular formula is C44H38ClF10N7O5S2. The van der Waals surface area contributed by atoms with Gasteiger partial charge in [-0.2, -0.15) is 45.3 Å². The van der Waals surface area contributed by atoms with E-state index >= 15 is 8.78 Å². The van der Waals surface area contributed by atoms with Crippen molar-refractivity contribution in [3.8, 4) is 23.0 Å². The number of carbonyl (C=O) groups excluding carboxylic acids is 1. The van der Waals surface area contributed by atoms with Crippen LogP contribution in [-0.4, -0.2) is 69.7 Å². The molecule has 0 spiro atoms. The monoisotopic (exact) mass is 1030 g/mol. The van der Waals surface area contributed by atoms with Crippen molar-refractivity contribution in [2.24, 2.45) is 5.92 Å². The molecule has 2 aromatic carbocycles. The van der Waals surface area contributed by atoms with Crippen LogP contribution >= 0.6 is 11.6 Å². The maximum atomic E-state index is 15.6. The number of aromatic nitrogens is 5. The number of pyridine rings is 1. The molecule has 1 amide bonds. The van der Waals surface area contributed by atoms with Crippen LogP contribution in [0.25, 0.3) is 22.0 Å². The number of alkyl halides is 8. The molecule has 69 heavy (non-hydrogen) atoms. The van der Waals surface area contributed by atoms with Gasteiger partial charge in [0.05, 0.1) is 32.9 Å². The Labute approximate surface area is 392 Å². The molecule has 9 rings (SSSR count). The standard InChI is InChI=1S/C44H38ClF10N7O5S2/c1-41(2,68(3,64)65)12-11-30-24-5-4-6-25(24)33(26-9-10-29(45)35-37(26)62(19-42(48,49)50)59-40(35)60-69(66,67)23-7-8-23)36(57-30)31(15-20-13-21(46)16-22(47)14-20)56-32(63)18-61-39-34(38(58-61)44(53,54)55)27-17-28(27)43(39,51)52/h9-10,13-14,16,23,27-28,31H,4-8,15,17-19H2,1-3H3,(H,56,63)(H,59,60)/t27?,28-,31+/m1/s1. The van der Waals surface area contributed by atoms with Gasteiger partial charge in [-0.1, -0.05) is 23.6 Å². The van der Waals surface area contributed by atoms with E-state index in [2.05, 4.69) is 32.1 Å². The minimum atomic E-state index is -5.18. The summed E-state index contributed by atoms with van der Waals surface area (Å²) in [7, 11) is -8.05. The highest BCUT2D eigenvalue weighted by molar-refractivity contribution is 7.93. The molecular weight excluding hydrogens is 996 g/mol. The van der Waals surface area contributed by atoms with E-state index in [9.17, 15) is 56.8 Å². The number of fused-ring (bicyclic) bond motifs is 5. The van der Waals surface area contributed by atoms with Crippen molar-refractivity contribution in [3.05, 3.63) is 92.0 Å². The number of hydrogen-bond acceptors (Lipinski definition) is 8. The molecule has 2 fully saturated rings. The number of amides is 1. The highest BCUT2D eigenvalue weighted by Crippen LogP contribution is 2.68. The minimum absolute atomic E-state index is 0.0230. The number of nitrogens with one attached hydrogen (secondary N) is 2. The summed E-state index contributed by atoms with van der Waals surface area (Å²) >= 11 is 6.67. The smallest absolute Gasteiger partial charge is 0.346 e. The van der Waals surface area contributed by atoms with Crippen molar-refractivity contribution in [3.63, 3.8) is 0 Å². The molecule has 25 heteroatoms. The number of nitrogens with zero attached hydrogens (tertiary/aromatic N) is 5. The summed E-state index contributed by atoms with van der Waals surface area (Å²) in [6.45, 7) is -0.404. The molecule has 368 valence electrons. The van der Waals surface area contributed by atoms with Crippen LogP contribution in [0.2, 0.25) is 5.02 Å². The van der Waals surface area contributed by atoms with E-state index in [1.165, 1.54) is 26.0 Å². The lowest BCUT2D eigenvalue weighted by Gasteiger charge is -2.25. The Morgan fingerprint density at radius 3 is 2.26 bits per heavy atom. The molecule has 3 heterocycles. The largest absolute Gasteiger partial charge is 0.435 e. The van der Waals surface area contributed by atoms with Crippen LogP contribution in [0.1, 0.15) is 96.5 Å². The van der Waals surface area contributed by atoms with Crippen LogP contribution in [-0.2, 0) is 69.1 Å². The Bertz CT molecular complexity index is 3280. The fraction of sp³-hybridized carbons (Fsp3) is 0.455. The Hall–Kier alpha value is -5.41. The first-order valence-electron chi connectivity index (χ1n) is 21.3. The lowest BCUT2D eigenvalue weighted by atomic mass is 9.88. The third-order valence-corrected chi connectivity index (χ3v) is 17.0. The average Bonchev–Trinajstić information content (AvgIpc) is 4.08. The molecule has 2 saturated carbocycles. The summed E-state index contributed by atoms with van der Waals surface area (Å²) in [4.78, 5) is 19.1. The summed E-state index contributed by atoms with van der Waals surface area (Å²) in [6.07, 6.45) is -8.82. The summed E-state index contributed by atoms with van der Waals surface area (Å²) in [6, 6.07) is 3.15. The number of anilines is 1. The Kier molecular flexibility index (Phi) is 11.5. The first-order valence-corrected chi connectivity index (χ1v) is 25.1. The number of benzene rings is 2. The molecule has 0 aliphatic heterocycles. The zero-order chi connectivity index (χ0) is 50.1. The van der Waals surface area contributed by atoms with Gasteiger partial charge in [0.2, 0.25) is 15.9 Å². The van der Waals surface area contributed by atoms with Crippen LogP contribution in [0.3, 0.4) is 0 Å². The maximum Gasteiger partial charge on any atom is 0.435 e. The number of carbonyl (C=O) groups is 1. The number of hydrogen-bond donors (Lipinski definition) is 2. The lowest BCUT2D eigenvalue weighted by molar-refractivity contribution is -0.142. The van der Waals surface area contributed by atoms with Crippen molar-refractivity contribution < 1.29 is 65.5 Å². The van der Waals surface area contributed by atoms with Gasteiger partial charge in [0.15, 0.2) is 21.3 Å². The number of halogens is 11. The van der Waals surface area contributed by atoms with E-state index < -0.39 is 126 Å². The summed E-state index contributed by atoms with van der Waals surface area (Å²) in [5.41, 5.74) is -3.75. The first kappa shape index (κ1) is 48.6. The molecule has 0 bridgehead atoms. The third kappa shape index (κ3) is 9.02. The number of sulfonamides is 1. The highest BCUT2D eigenvalue weighted by Gasteiger charge is 2.68. The summed E-state index contributed by atoms with van der Waals surface area (Å²) in [5, 5.41) is 8.65. The second-order valence-electron chi connectivity index (χ2n) is 18.3. The fourth-order valence-corrected chi connectivity index (χ4v) is 11.0. The van der Waals surface area contributed by atoms with Crippen LogP contribution < -0.4 is 10.0 Å². The predicted octanol–water partition coefficient (Wildman–Crippen LogP) is 8.68. The lowest BCUT2D eigenvalue weighted by Crippen LogP contribution is -2.35. The molecule has 0 saturated heterocycles. The molecule has 4 aliphatic rings. The molecule has 2 N–H and O–H groups in total. The van der Waals surface area contributed by atoms with Gasteiger partial charge in [0.1, 0.15) is 40.9 Å². The molecule has 5 aromatic rings. The second-order valence-corrected chi connectivity index (χ2v) is 23.2. The van der Waals surface area contributed by atoms with Gasteiger partial charge in [-0.3, -0.25) is 18.9 Å². The third-order valence-electron chi connectivity index (χ3n) is 12.9. The molecule has 3 aromatic heterocycles. The van der Waals surface area contributed by atoms with E-state index in [0.29, 0.717) is 28.3 Å². The van der Waals surface area contributed by atoms with Gasteiger partial charge >= 0.3 is 12.4 Å². The topological polar surface area (TPSA) is 158 Å².